The summed E-state index contributed by atoms with van der Waals surface area (Å²) in [5, 5.41) is 5.33. The summed E-state index contributed by atoms with van der Waals surface area (Å²) >= 11 is 1.15. The number of aromatic nitrogens is 2. The van der Waals surface area contributed by atoms with E-state index in [1.165, 1.54) is 6.07 Å². The Kier molecular flexibility index (Phi) is 8.76. The number of amides is 3. The van der Waals surface area contributed by atoms with Crippen LogP contribution in [0.5, 0.6) is 0 Å². The van der Waals surface area contributed by atoms with Crippen LogP contribution in [0.4, 0.5) is 31.7 Å². The number of aryl methyl sites for hydroxylation is 1. The third-order valence-corrected chi connectivity index (χ3v) is 11.1. The number of thiophene rings is 1. The summed E-state index contributed by atoms with van der Waals surface area (Å²) in [6, 6.07) is 17.2. The van der Waals surface area contributed by atoms with Crippen molar-refractivity contribution in [3.63, 3.8) is 0 Å². The number of carbonyl (C=O) groups is 3. The SMILES string of the molecule is Cc1cnc(N2CC3(CCOCC3)C2)c(C(=O)Nc2ccc(C(=O)N3CCc4cc(C(=O)Nc5c(F)cccc5F)sc4-c4ncccc43)cc2)c1. The molecule has 2 fully saturated rings. The lowest BCUT2D eigenvalue weighted by molar-refractivity contribution is -0.000511. The Bertz CT molecular complexity index is 2190. The summed E-state index contributed by atoms with van der Waals surface area (Å²) < 4.78 is 34.0. The molecule has 3 amide bonds. The van der Waals surface area contributed by atoms with Gasteiger partial charge in [-0.3, -0.25) is 19.4 Å². The van der Waals surface area contributed by atoms with Gasteiger partial charge in [-0.2, -0.15) is 0 Å². The van der Waals surface area contributed by atoms with Crippen molar-refractivity contribution < 1.29 is 27.9 Å². The maximum atomic E-state index is 14.2. The molecule has 0 saturated carbocycles. The highest BCUT2D eigenvalue weighted by molar-refractivity contribution is 7.17. The van der Waals surface area contributed by atoms with Gasteiger partial charge >= 0.3 is 0 Å². The van der Waals surface area contributed by atoms with E-state index < -0.39 is 23.2 Å². The molecule has 52 heavy (non-hydrogen) atoms. The highest BCUT2D eigenvalue weighted by Crippen LogP contribution is 2.43. The molecule has 3 aliphatic heterocycles. The molecule has 0 radical (unpaired) electrons. The monoisotopic (exact) mass is 720 g/mol. The highest BCUT2D eigenvalue weighted by Gasteiger charge is 2.45. The predicted octanol–water partition coefficient (Wildman–Crippen LogP) is 7.12. The molecule has 264 valence electrons. The van der Waals surface area contributed by atoms with Crippen molar-refractivity contribution >= 4 is 51.9 Å². The number of hydrogen-bond acceptors (Lipinski definition) is 8. The van der Waals surface area contributed by atoms with E-state index >= 15 is 0 Å². The zero-order chi connectivity index (χ0) is 36.0. The first kappa shape index (κ1) is 33.6. The topological polar surface area (TPSA) is 117 Å². The van der Waals surface area contributed by atoms with E-state index in [0.717, 1.165) is 73.7 Å². The van der Waals surface area contributed by atoms with Crippen molar-refractivity contribution in [2.24, 2.45) is 5.41 Å². The molecule has 3 aliphatic rings. The summed E-state index contributed by atoms with van der Waals surface area (Å²) in [6.45, 7) is 5.44. The Labute approximate surface area is 302 Å². The zero-order valence-electron chi connectivity index (χ0n) is 28.2. The number of para-hydroxylation sites is 1. The second-order valence-electron chi connectivity index (χ2n) is 13.5. The van der Waals surface area contributed by atoms with Crippen molar-refractivity contribution in [1.82, 2.24) is 9.97 Å². The van der Waals surface area contributed by atoms with Crippen LogP contribution in [0.2, 0.25) is 0 Å². The van der Waals surface area contributed by atoms with Gasteiger partial charge in [0.25, 0.3) is 17.7 Å². The Morgan fingerprint density at radius 3 is 2.40 bits per heavy atom. The number of halogens is 2. The maximum absolute atomic E-state index is 14.2. The Morgan fingerprint density at radius 2 is 1.65 bits per heavy atom. The predicted molar refractivity (Wildman–Crippen MR) is 195 cm³/mol. The van der Waals surface area contributed by atoms with Gasteiger partial charge in [0, 0.05) is 61.9 Å². The minimum absolute atomic E-state index is 0.224. The molecule has 2 aromatic carbocycles. The van der Waals surface area contributed by atoms with Crippen LogP contribution in [0.3, 0.4) is 0 Å². The molecule has 5 aromatic rings. The number of pyridine rings is 2. The van der Waals surface area contributed by atoms with Gasteiger partial charge in [-0.1, -0.05) is 6.07 Å². The zero-order valence-corrected chi connectivity index (χ0v) is 29.1. The second-order valence-corrected chi connectivity index (χ2v) is 14.5. The number of rotatable bonds is 6. The molecule has 0 bridgehead atoms. The lowest BCUT2D eigenvalue weighted by Crippen LogP contribution is -2.59. The average molecular weight is 721 g/mol. The third kappa shape index (κ3) is 6.30. The molecular formula is C39H34F2N6O4S. The van der Waals surface area contributed by atoms with E-state index in [2.05, 4.69) is 25.5 Å². The second kappa shape index (κ2) is 13.5. The van der Waals surface area contributed by atoms with Crippen molar-refractivity contribution in [2.75, 3.05) is 53.3 Å². The van der Waals surface area contributed by atoms with E-state index in [-0.39, 0.29) is 22.1 Å². The molecule has 2 N–H and O–H groups in total. The summed E-state index contributed by atoms with van der Waals surface area (Å²) in [4.78, 5) is 54.6. The molecule has 8 rings (SSSR count). The molecule has 1 spiro atoms. The number of benzene rings is 2. The Morgan fingerprint density at radius 1 is 0.904 bits per heavy atom. The molecule has 13 heteroatoms. The maximum Gasteiger partial charge on any atom is 0.265 e. The van der Waals surface area contributed by atoms with E-state index in [1.807, 2.05) is 13.0 Å². The fourth-order valence-corrected chi connectivity index (χ4v) is 8.25. The van der Waals surface area contributed by atoms with Crippen molar-refractivity contribution in [3.8, 4) is 10.6 Å². The average Bonchev–Trinajstić information content (AvgIpc) is 3.51. The number of nitrogens with zero attached hydrogens (tertiary/aromatic N) is 4. The largest absolute Gasteiger partial charge is 0.381 e. The minimum atomic E-state index is -0.869. The summed E-state index contributed by atoms with van der Waals surface area (Å²) in [5.41, 5.74) is 3.96. The lowest BCUT2D eigenvalue weighted by Gasteiger charge is -2.53. The van der Waals surface area contributed by atoms with Crippen LogP contribution in [0.15, 0.2) is 79.1 Å². The van der Waals surface area contributed by atoms with Gasteiger partial charge in [0.15, 0.2) is 0 Å². The van der Waals surface area contributed by atoms with Crippen LogP contribution in [-0.2, 0) is 11.2 Å². The molecule has 3 aromatic heterocycles. The summed E-state index contributed by atoms with van der Waals surface area (Å²) in [5.74, 6) is -2.23. The minimum Gasteiger partial charge on any atom is -0.381 e. The first-order valence-corrected chi connectivity index (χ1v) is 17.9. The Hall–Kier alpha value is -5.53. The van der Waals surface area contributed by atoms with E-state index in [0.29, 0.717) is 51.9 Å². The van der Waals surface area contributed by atoms with Crippen LogP contribution in [-0.4, -0.2) is 60.5 Å². The first-order valence-electron chi connectivity index (χ1n) is 17.0. The molecule has 0 aliphatic carbocycles. The number of carbonyl (C=O) groups excluding carboxylic acids is 3. The fourth-order valence-electron chi connectivity index (χ4n) is 7.14. The van der Waals surface area contributed by atoms with Crippen LogP contribution in [0, 0.1) is 24.0 Å². The third-order valence-electron chi connectivity index (χ3n) is 9.92. The van der Waals surface area contributed by atoms with E-state index in [9.17, 15) is 23.2 Å². The van der Waals surface area contributed by atoms with E-state index in [4.69, 9.17) is 4.74 Å². The molecule has 2 saturated heterocycles. The van der Waals surface area contributed by atoms with Crippen LogP contribution < -0.4 is 20.4 Å². The summed E-state index contributed by atoms with van der Waals surface area (Å²) in [6.07, 6.45) is 5.84. The molecule has 0 unspecified atom stereocenters. The van der Waals surface area contributed by atoms with Gasteiger partial charge in [0.2, 0.25) is 0 Å². The fraction of sp³-hybridized carbons (Fsp3) is 0.256. The van der Waals surface area contributed by atoms with Crippen molar-refractivity contribution in [3.05, 3.63) is 118 Å². The number of nitrogens with one attached hydrogen (secondary N) is 2. The summed E-state index contributed by atoms with van der Waals surface area (Å²) in [7, 11) is 0. The van der Waals surface area contributed by atoms with Crippen molar-refractivity contribution in [1.29, 1.82) is 0 Å². The highest BCUT2D eigenvalue weighted by atomic mass is 32.1. The molecular weight excluding hydrogens is 687 g/mol. The lowest BCUT2D eigenvalue weighted by atomic mass is 9.73. The van der Waals surface area contributed by atoms with Gasteiger partial charge in [-0.15, -0.1) is 11.3 Å². The number of ether oxygens (including phenoxy) is 1. The first-order chi connectivity index (χ1) is 25.2. The smallest absolute Gasteiger partial charge is 0.265 e. The van der Waals surface area contributed by atoms with Crippen LogP contribution >= 0.6 is 11.3 Å². The standard InChI is InChI=1S/C39H34F2N6O4S/c1-23-18-27(35(43-20-23)46-21-39(22-46)12-16-51-17-13-39)36(48)44-26-9-7-24(8-10-26)38(50)47-15-11-25-19-31(52-34(25)33-30(47)6-3-14-42-33)37(49)45-32-28(40)4-2-5-29(32)41/h2-10,14,18-20H,11-13,15-17,21-22H2,1H3,(H,44,48)(H,45,49). The van der Waals surface area contributed by atoms with E-state index in [1.54, 1.807) is 59.8 Å². The van der Waals surface area contributed by atoms with Gasteiger partial charge in [-0.25, -0.2) is 13.8 Å². The molecule has 6 heterocycles. The molecule has 0 atom stereocenters. The quantitative estimate of drug-likeness (QED) is 0.192. The van der Waals surface area contributed by atoms with Gasteiger partial charge < -0.3 is 25.2 Å². The normalized spacial score (nSPS) is 16.0. The van der Waals surface area contributed by atoms with Gasteiger partial charge in [0.05, 0.1) is 21.0 Å². The van der Waals surface area contributed by atoms with Crippen LogP contribution in [0.25, 0.3) is 10.6 Å². The van der Waals surface area contributed by atoms with Gasteiger partial charge in [-0.05, 0) is 98.0 Å². The number of anilines is 4. The van der Waals surface area contributed by atoms with Gasteiger partial charge in [0.1, 0.15) is 28.8 Å². The Balaban J connectivity index is 0.976. The van der Waals surface area contributed by atoms with Crippen molar-refractivity contribution in [2.45, 2.75) is 26.2 Å². The van der Waals surface area contributed by atoms with Crippen LogP contribution in [0.1, 0.15) is 54.4 Å². The number of hydrogen-bond donors (Lipinski definition) is 2. The number of fused-ring (bicyclic) bond motifs is 3. The molecule has 10 nitrogen and oxygen atoms in total.